The van der Waals surface area contributed by atoms with Crippen molar-refractivity contribution in [2.75, 3.05) is 0 Å². The molecule has 7 nitrogen and oxygen atoms in total. The van der Waals surface area contributed by atoms with Gasteiger partial charge in [-0.2, -0.15) is 4.68 Å². The van der Waals surface area contributed by atoms with Crippen molar-refractivity contribution >= 4 is 5.97 Å². The number of aromatic nitrogens is 5. The third kappa shape index (κ3) is 2.17. The second kappa shape index (κ2) is 4.86. The molecule has 0 bridgehead atoms. The van der Waals surface area contributed by atoms with Crippen molar-refractivity contribution in [3.8, 4) is 5.82 Å². The summed E-state index contributed by atoms with van der Waals surface area (Å²) >= 11 is 0. The van der Waals surface area contributed by atoms with Crippen LogP contribution in [0, 0.1) is 26.2 Å². The van der Waals surface area contributed by atoms with Gasteiger partial charge in [0, 0.05) is 12.0 Å². The molecular weight excluding hydrogens is 282 g/mol. The van der Waals surface area contributed by atoms with Crippen LogP contribution in [0.4, 0.5) is 0 Å². The molecule has 1 aliphatic rings. The van der Waals surface area contributed by atoms with Crippen molar-refractivity contribution in [3.05, 3.63) is 29.2 Å². The highest BCUT2D eigenvalue weighted by molar-refractivity contribution is 5.80. The average Bonchev–Trinajstić information content (AvgIpc) is 3.11. The molecular formula is C15H19N5O2. The summed E-state index contributed by atoms with van der Waals surface area (Å²) in [6.45, 7) is 7.41. The van der Waals surface area contributed by atoms with Crippen LogP contribution in [0.2, 0.25) is 0 Å². The van der Waals surface area contributed by atoms with Gasteiger partial charge in [0.2, 0.25) is 0 Å². The molecule has 1 aliphatic carbocycles. The van der Waals surface area contributed by atoms with Crippen molar-refractivity contribution < 1.29 is 9.90 Å². The number of hydrogen-bond donors (Lipinski definition) is 1. The molecule has 0 saturated heterocycles. The predicted molar refractivity (Wildman–Crippen MR) is 78.9 cm³/mol. The maximum absolute atomic E-state index is 11.5. The number of hydrogen-bond acceptors (Lipinski definition) is 5. The zero-order valence-corrected chi connectivity index (χ0v) is 13.2. The average molecular weight is 301 g/mol. The van der Waals surface area contributed by atoms with E-state index in [1.165, 1.54) is 0 Å². The molecule has 0 spiro atoms. The van der Waals surface area contributed by atoms with Crippen LogP contribution in [0.1, 0.15) is 48.9 Å². The molecule has 116 valence electrons. The van der Waals surface area contributed by atoms with Gasteiger partial charge in [0.1, 0.15) is 17.5 Å². The Morgan fingerprint density at radius 2 is 2.05 bits per heavy atom. The lowest BCUT2D eigenvalue weighted by Gasteiger charge is -2.10. The highest BCUT2D eigenvalue weighted by Gasteiger charge is 2.60. The van der Waals surface area contributed by atoms with E-state index in [1.807, 2.05) is 33.8 Å². The van der Waals surface area contributed by atoms with E-state index in [9.17, 15) is 9.90 Å². The van der Waals surface area contributed by atoms with Crippen LogP contribution in [0.15, 0.2) is 6.07 Å². The zero-order valence-electron chi connectivity index (χ0n) is 13.2. The van der Waals surface area contributed by atoms with Gasteiger partial charge in [-0.1, -0.05) is 6.92 Å². The predicted octanol–water partition coefficient (Wildman–Crippen LogP) is 1.95. The SMILES string of the molecule is CCC1(C(=O)O)CC1c1cc(-n2nc(C)nc2C)nc(C)n1. The van der Waals surface area contributed by atoms with Gasteiger partial charge in [0.25, 0.3) is 0 Å². The van der Waals surface area contributed by atoms with Crippen LogP contribution < -0.4 is 0 Å². The molecule has 2 unspecified atom stereocenters. The van der Waals surface area contributed by atoms with E-state index in [0.29, 0.717) is 30.3 Å². The topological polar surface area (TPSA) is 93.8 Å². The van der Waals surface area contributed by atoms with Gasteiger partial charge in [0.05, 0.1) is 11.1 Å². The van der Waals surface area contributed by atoms with E-state index in [2.05, 4.69) is 20.1 Å². The number of nitrogens with zero attached hydrogens (tertiary/aromatic N) is 5. The molecule has 2 aromatic rings. The summed E-state index contributed by atoms with van der Waals surface area (Å²) in [6.07, 6.45) is 1.23. The minimum Gasteiger partial charge on any atom is -0.481 e. The molecule has 7 heteroatoms. The Labute approximate surface area is 128 Å². The van der Waals surface area contributed by atoms with E-state index in [1.54, 1.807) is 4.68 Å². The van der Waals surface area contributed by atoms with Crippen LogP contribution in [-0.4, -0.2) is 35.8 Å². The van der Waals surface area contributed by atoms with Gasteiger partial charge in [-0.15, -0.1) is 5.10 Å². The molecule has 22 heavy (non-hydrogen) atoms. The van der Waals surface area contributed by atoms with Crippen molar-refractivity contribution in [3.63, 3.8) is 0 Å². The first-order chi connectivity index (χ1) is 10.4. The zero-order chi connectivity index (χ0) is 16.1. The molecule has 1 saturated carbocycles. The van der Waals surface area contributed by atoms with Crippen molar-refractivity contribution in [1.82, 2.24) is 24.7 Å². The summed E-state index contributed by atoms with van der Waals surface area (Å²) in [4.78, 5) is 24.7. The summed E-state index contributed by atoms with van der Waals surface area (Å²) in [6, 6.07) is 1.83. The Balaban J connectivity index is 2.02. The fourth-order valence-electron chi connectivity index (χ4n) is 3.07. The van der Waals surface area contributed by atoms with Crippen LogP contribution in [0.3, 0.4) is 0 Å². The fourth-order valence-corrected chi connectivity index (χ4v) is 3.07. The minimum atomic E-state index is -0.745. The monoisotopic (exact) mass is 301 g/mol. The first-order valence-corrected chi connectivity index (χ1v) is 7.37. The van der Waals surface area contributed by atoms with Crippen molar-refractivity contribution in [2.45, 2.75) is 46.5 Å². The number of rotatable bonds is 4. The molecule has 2 atom stereocenters. The first kappa shape index (κ1) is 14.6. The van der Waals surface area contributed by atoms with Crippen LogP contribution in [-0.2, 0) is 4.79 Å². The molecule has 2 aromatic heterocycles. The van der Waals surface area contributed by atoms with Crippen molar-refractivity contribution in [2.24, 2.45) is 5.41 Å². The summed E-state index contributed by atoms with van der Waals surface area (Å²) in [5.74, 6) is 1.88. The Morgan fingerprint density at radius 3 is 2.55 bits per heavy atom. The maximum Gasteiger partial charge on any atom is 0.310 e. The Kier molecular flexibility index (Phi) is 3.23. The molecule has 0 radical (unpaired) electrons. The molecule has 0 aliphatic heterocycles. The van der Waals surface area contributed by atoms with Gasteiger partial charge in [0.15, 0.2) is 5.82 Å². The summed E-state index contributed by atoms with van der Waals surface area (Å²) in [7, 11) is 0. The van der Waals surface area contributed by atoms with Crippen molar-refractivity contribution in [1.29, 1.82) is 0 Å². The number of aliphatic carboxylic acids is 1. The molecule has 0 aromatic carbocycles. The minimum absolute atomic E-state index is 0.0552. The molecule has 0 amide bonds. The van der Waals surface area contributed by atoms with Crippen LogP contribution in [0.25, 0.3) is 5.82 Å². The maximum atomic E-state index is 11.5. The number of carboxylic acid groups (broad SMARTS) is 1. The summed E-state index contributed by atoms with van der Waals surface area (Å²) in [5, 5.41) is 13.8. The molecule has 2 heterocycles. The van der Waals surface area contributed by atoms with E-state index >= 15 is 0 Å². The summed E-state index contributed by atoms with van der Waals surface area (Å²) < 4.78 is 1.67. The Hall–Kier alpha value is -2.31. The fraction of sp³-hybridized carbons (Fsp3) is 0.533. The number of carbonyl (C=O) groups is 1. The lowest BCUT2D eigenvalue weighted by atomic mass is 9.99. The molecule has 3 rings (SSSR count). The second-order valence-electron chi connectivity index (χ2n) is 5.89. The first-order valence-electron chi connectivity index (χ1n) is 7.37. The number of aryl methyl sites for hydroxylation is 3. The standard InChI is InChI=1S/C15H19N5O2/c1-5-15(14(21)22)7-11(15)12-6-13(18-8(2)17-12)20-10(4)16-9(3)19-20/h6,11H,5,7H2,1-4H3,(H,21,22). The van der Waals surface area contributed by atoms with Gasteiger partial charge < -0.3 is 5.11 Å². The highest BCUT2D eigenvalue weighted by atomic mass is 16.4. The lowest BCUT2D eigenvalue weighted by Crippen LogP contribution is -2.16. The molecule has 1 fully saturated rings. The Morgan fingerprint density at radius 1 is 1.32 bits per heavy atom. The summed E-state index contributed by atoms with van der Waals surface area (Å²) in [5.41, 5.74) is 0.102. The van der Waals surface area contributed by atoms with Gasteiger partial charge in [-0.3, -0.25) is 4.79 Å². The third-order valence-electron chi connectivity index (χ3n) is 4.43. The van der Waals surface area contributed by atoms with Crippen LogP contribution >= 0.6 is 0 Å². The second-order valence-corrected chi connectivity index (χ2v) is 5.89. The van der Waals surface area contributed by atoms with Gasteiger partial charge in [-0.25, -0.2) is 15.0 Å². The van der Waals surface area contributed by atoms with E-state index in [-0.39, 0.29) is 5.92 Å². The number of carboxylic acids is 1. The normalized spacial score (nSPS) is 23.5. The Bertz CT molecular complexity index is 754. The molecule has 1 N–H and O–H groups in total. The van der Waals surface area contributed by atoms with E-state index < -0.39 is 11.4 Å². The largest absolute Gasteiger partial charge is 0.481 e. The van der Waals surface area contributed by atoms with Crippen LogP contribution in [0.5, 0.6) is 0 Å². The lowest BCUT2D eigenvalue weighted by molar-refractivity contribution is -0.143. The van der Waals surface area contributed by atoms with Gasteiger partial charge >= 0.3 is 5.97 Å². The van der Waals surface area contributed by atoms with Gasteiger partial charge in [-0.05, 0) is 33.6 Å². The quantitative estimate of drug-likeness (QED) is 0.927. The third-order valence-corrected chi connectivity index (χ3v) is 4.43. The van der Waals surface area contributed by atoms with E-state index in [4.69, 9.17) is 0 Å². The van der Waals surface area contributed by atoms with E-state index in [0.717, 1.165) is 11.5 Å². The highest BCUT2D eigenvalue weighted by Crippen LogP contribution is 2.61. The smallest absolute Gasteiger partial charge is 0.310 e.